The van der Waals surface area contributed by atoms with Crippen molar-refractivity contribution in [3.05, 3.63) is 59.4 Å². The Balaban J connectivity index is 1.72. The van der Waals surface area contributed by atoms with Gasteiger partial charge in [-0.3, -0.25) is 9.59 Å². The lowest BCUT2D eigenvalue weighted by Crippen LogP contribution is -2.46. The highest BCUT2D eigenvalue weighted by Gasteiger charge is 2.31. The number of carbonyl (C=O) groups excluding carboxylic acids is 2. The average molecular weight is 471 g/mol. The van der Waals surface area contributed by atoms with Crippen LogP contribution in [0, 0.1) is 17.7 Å². The lowest BCUT2D eigenvalue weighted by molar-refractivity contribution is -0.127. The van der Waals surface area contributed by atoms with Crippen LogP contribution in [0.2, 0.25) is 0 Å². The Bertz CT molecular complexity index is 977. The van der Waals surface area contributed by atoms with Crippen LogP contribution < -0.4 is 14.8 Å². The Hall–Kier alpha value is -3.09. The zero-order valence-corrected chi connectivity index (χ0v) is 20.5. The third-order valence-electron chi connectivity index (χ3n) is 6.06. The van der Waals surface area contributed by atoms with Crippen LogP contribution in [0.4, 0.5) is 4.39 Å². The van der Waals surface area contributed by atoms with Gasteiger partial charge in [-0.05, 0) is 74.6 Å². The van der Waals surface area contributed by atoms with Gasteiger partial charge in [0.15, 0.2) is 11.5 Å². The number of amides is 2. The summed E-state index contributed by atoms with van der Waals surface area (Å²) in [4.78, 5) is 27.8. The molecule has 1 fully saturated rings. The standard InChI is InChI=1S/C27H35FN2O4/c1-5-33-23-14-11-20(16-24(23)34-6-2)25(18(3)4)29-26(31)21-8-7-15-30(17-21)27(32)19-9-12-22(28)13-10-19/h9-14,16,18,21,25H,5-8,15,17H2,1-4H3,(H,29,31)/t21-,25-/m0/s1. The van der Waals surface area contributed by atoms with E-state index in [-0.39, 0.29) is 35.5 Å². The molecule has 1 aliphatic heterocycles. The highest BCUT2D eigenvalue weighted by Crippen LogP contribution is 2.33. The summed E-state index contributed by atoms with van der Waals surface area (Å²) < 4.78 is 24.7. The highest BCUT2D eigenvalue weighted by atomic mass is 19.1. The Morgan fingerprint density at radius 1 is 1.06 bits per heavy atom. The van der Waals surface area contributed by atoms with Crippen molar-refractivity contribution < 1.29 is 23.5 Å². The highest BCUT2D eigenvalue weighted by molar-refractivity contribution is 5.94. The molecule has 0 aromatic heterocycles. The van der Waals surface area contributed by atoms with Gasteiger partial charge in [0.2, 0.25) is 5.91 Å². The van der Waals surface area contributed by atoms with E-state index in [1.54, 1.807) is 4.90 Å². The average Bonchev–Trinajstić information content (AvgIpc) is 2.84. The van der Waals surface area contributed by atoms with Crippen molar-refractivity contribution in [1.29, 1.82) is 0 Å². The SMILES string of the molecule is CCOc1ccc([C@@H](NC(=O)[C@H]2CCCN(C(=O)c3ccc(F)cc3)C2)C(C)C)cc1OCC. The summed E-state index contributed by atoms with van der Waals surface area (Å²) >= 11 is 0. The number of halogens is 1. The number of hydrogen-bond acceptors (Lipinski definition) is 4. The predicted octanol–water partition coefficient (Wildman–Crippen LogP) is 4.99. The van der Waals surface area contributed by atoms with Crippen molar-refractivity contribution in [3.8, 4) is 11.5 Å². The fraction of sp³-hybridized carbons (Fsp3) is 0.481. The molecule has 0 bridgehead atoms. The molecule has 2 aromatic rings. The fourth-order valence-corrected chi connectivity index (χ4v) is 4.32. The number of nitrogens with zero attached hydrogens (tertiary/aromatic N) is 1. The van der Waals surface area contributed by atoms with E-state index < -0.39 is 0 Å². The smallest absolute Gasteiger partial charge is 0.253 e. The third-order valence-corrected chi connectivity index (χ3v) is 6.06. The first kappa shape index (κ1) is 25.5. The Morgan fingerprint density at radius 2 is 1.74 bits per heavy atom. The van der Waals surface area contributed by atoms with Crippen LogP contribution in [-0.4, -0.2) is 43.0 Å². The molecule has 184 valence electrons. The molecule has 34 heavy (non-hydrogen) atoms. The maximum atomic E-state index is 13.3. The molecule has 3 rings (SSSR count). The molecule has 2 amide bonds. The summed E-state index contributed by atoms with van der Waals surface area (Å²) in [7, 11) is 0. The molecule has 0 saturated carbocycles. The normalized spacial score (nSPS) is 16.8. The van der Waals surface area contributed by atoms with Crippen molar-refractivity contribution in [2.75, 3.05) is 26.3 Å². The van der Waals surface area contributed by atoms with Gasteiger partial charge < -0.3 is 19.7 Å². The third kappa shape index (κ3) is 6.27. The van der Waals surface area contributed by atoms with Crippen LogP contribution in [0.5, 0.6) is 11.5 Å². The molecule has 0 unspecified atom stereocenters. The van der Waals surface area contributed by atoms with Crippen LogP contribution in [0.1, 0.15) is 62.5 Å². The fourth-order valence-electron chi connectivity index (χ4n) is 4.32. The lowest BCUT2D eigenvalue weighted by atomic mass is 9.92. The van der Waals surface area contributed by atoms with E-state index in [9.17, 15) is 14.0 Å². The molecule has 2 atom stereocenters. The molecule has 0 spiro atoms. The van der Waals surface area contributed by atoms with Gasteiger partial charge in [-0.2, -0.15) is 0 Å². The second-order valence-electron chi connectivity index (χ2n) is 8.90. The zero-order chi connectivity index (χ0) is 24.7. The molecule has 1 saturated heterocycles. The summed E-state index contributed by atoms with van der Waals surface area (Å²) in [6.07, 6.45) is 1.46. The van der Waals surface area contributed by atoms with Crippen molar-refractivity contribution in [1.82, 2.24) is 10.2 Å². The Morgan fingerprint density at radius 3 is 2.38 bits per heavy atom. The van der Waals surface area contributed by atoms with Gasteiger partial charge >= 0.3 is 0 Å². The van der Waals surface area contributed by atoms with Crippen LogP contribution in [0.3, 0.4) is 0 Å². The summed E-state index contributed by atoms with van der Waals surface area (Å²) in [6.45, 7) is 9.96. The quantitative estimate of drug-likeness (QED) is 0.561. The molecule has 1 aliphatic rings. The Labute approximate surface area is 201 Å². The number of likely N-dealkylation sites (tertiary alicyclic amines) is 1. The van der Waals surface area contributed by atoms with E-state index >= 15 is 0 Å². The molecule has 6 nitrogen and oxygen atoms in total. The first-order chi connectivity index (χ1) is 16.3. The molecule has 1 N–H and O–H groups in total. The van der Waals surface area contributed by atoms with E-state index in [0.717, 1.165) is 18.4 Å². The second-order valence-corrected chi connectivity index (χ2v) is 8.90. The Kier molecular flexibility index (Phi) is 8.91. The van der Waals surface area contributed by atoms with E-state index in [0.29, 0.717) is 43.4 Å². The first-order valence-electron chi connectivity index (χ1n) is 12.1. The number of rotatable bonds is 9. The molecule has 0 radical (unpaired) electrons. The largest absolute Gasteiger partial charge is 0.490 e. The minimum Gasteiger partial charge on any atom is -0.490 e. The first-order valence-corrected chi connectivity index (χ1v) is 12.1. The van der Waals surface area contributed by atoms with E-state index in [2.05, 4.69) is 19.2 Å². The monoisotopic (exact) mass is 470 g/mol. The maximum absolute atomic E-state index is 13.3. The van der Waals surface area contributed by atoms with Crippen molar-refractivity contribution in [3.63, 3.8) is 0 Å². The molecular formula is C27H35FN2O4. The minimum atomic E-state index is -0.381. The predicted molar refractivity (Wildman–Crippen MR) is 130 cm³/mol. The van der Waals surface area contributed by atoms with Gasteiger partial charge in [-0.25, -0.2) is 4.39 Å². The van der Waals surface area contributed by atoms with Crippen LogP contribution >= 0.6 is 0 Å². The zero-order valence-electron chi connectivity index (χ0n) is 20.5. The number of ether oxygens (including phenoxy) is 2. The maximum Gasteiger partial charge on any atom is 0.253 e. The minimum absolute atomic E-state index is 0.0675. The summed E-state index contributed by atoms with van der Waals surface area (Å²) in [5.41, 5.74) is 1.38. The van der Waals surface area contributed by atoms with Gasteiger partial charge in [-0.15, -0.1) is 0 Å². The molecule has 0 aliphatic carbocycles. The van der Waals surface area contributed by atoms with Gasteiger partial charge in [0.1, 0.15) is 5.82 Å². The number of benzene rings is 2. The van der Waals surface area contributed by atoms with Crippen molar-refractivity contribution >= 4 is 11.8 Å². The molecule has 7 heteroatoms. The summed E-state index contributed by atoms with van der Waals surface area (Å²) in [6, 6.07) is 11.1. The molecular weight excluding hydrogens is 435 g/mol. The van der Waals surface area contributed by atoms with Gasteiger partial charge in [0.05, 0.1) is 25.2 Å². The number of carbonyl (C=O) groups is 2. The second kappa shape index (κ2) is 11.9. The van der Waals surface area contributed by atoms with Crippen LogP contribution in [-0.2, 0) is 4.79 Å². The number of nitrogens with one attached hydrogen (secondary N) is 1. The number of piperidine rings is 1. The van der Waals surface area contributed by atoms with Crippen LogP contribution in [0.25, 0.3) is 0 Å². The number of hydrogen-bond donors (Lipinski definition) is 1. The van der Waals surface area contributed by atoms with E-state index in [1.807, 2.05) is 32.0 Å². The van der Waals surface area contributed by atoms with E-state index in [1.165, 1.54) is 24.3 Å². The van der Waals surface area contributed by atoms with Gasteiger partial charge in [-0.1, -0.05) is 19.9 Å². The van der Waals surface area contributed by atoms with Crippen molar-refractivity contribution in [2.45, 2.75) is 46.6 Å². The van der Waals surface area contributed by atoms with Crippen LogP contribution in [0.15, 0.2) is 42.5 Å². The topological polar surface area (TPSA) is 67.9 Å². The van der Waals surface area contributed by atoms with Crippen molar-refractivity contribution in [2.24, 2.45) is 11.8 Å². The summed E-state index contributed by atoms with van der Waals surface area (Å²) in [5.74, 6) is 0.576. The molecule has 1 heterocycles. The lowest BCUT2D eigenvalue weighted by Gasteiger charge is -2.33. The van der Waals surface area contributed by atoms with Gasteiger partial charge in [0, 0.05) is 18.7 Å². The van der Waals surface area contributed by atoms with Gasteiger partial charge in [0.25, 0.3) is 5.91 Å². The summed E-state index contributed by atoms with van der Waals surface area (Å²) in [5, 5.41) is 3.21. The molecule has 2 aromatic carbocycles. The van der Waals surface area contributed by atoms with E-state index in [4.69, 9.17) is 9.47 Å².